The lowest BCUT2D eigenvalue weighted by molar-refractivity contribution is -0.142. The van der Waals surface area contributed by atoms with Crippen LogP contribution < -0.4 is 10.6 Å². The lowest BCUT2D eigenvalue weighted by Gasteiger charge is -2.22. The van der Waals surface area contributed by atoms with Crippen LogP contribution in [0, 0.1) is 10.8 Å². The fourth-order valence-corrected chi connectivity index (χ4v) is 1.66. The molecule has 0 aromatic carbocycles. The van der Waals surface area contributed by atoms with Gasteiger partial charge in [-0.3, -0.25) is 9.59 Å². The third-order valence-electron chi connectivity index (χ3n) is 3.14. The van der Waals surface area contributed by atoms with Crippen LogP contribution in [0.3, 0.4) is 0 Å². The zero-order valence-corrected chi connectivity index (χ0v) is 14.6. The molecule has 6 heteroatoms. The van der Waals surface area contributed by atoms with E-state index in [1.165, 1.54) is 0 Å². The molecule has 1 atom stereocenters. The Morgan fingerprint density at radius 2 is 1.59 bits per heavy atom. The van der Waals surface area contributed by atoms with E-state index in [1.54, 1.807) is 20.8 Å². The molecule has 0 spiro atoms. The van der Waals surface area contributed by atoms with Gasteiger partial charge in [-0.1, -0.05) is 41.5 Å². The molecule has 0 rings (SSSR count). The maximum absolute atomic E-state index is 11.8. The number of hydrogen-bond acceptors (Lipinski definition) is 3. The molecular formula is C16H30N2O4. The molecule has 0 aromatic rings. The molecule has 22 heavy (non-hydrogen) atoms. The fourth-order valence-electron chi connectivity index (χ4n) is 1.66. The van der Waals surface area contributed by atoms with E-state index in [9.17, 15) is 14.4 Å². The highest BCUT2D eigenvalue weighted by Gasteiger charge is 2.23. The third kappa shape index (κ3) is 9.37. The standard InChI is InChI=1S/C16H30N2O4/c1-15(2,3)9-7-11(13(20)21)18-12(19)8-10-17-14(22)16(4,5)6/h11H,7-10H2,1-6H3,(H,17,22)(H,18,19)(H,20,21). The van der Waals surface area contributed by atoms with Crippen LogP contribution in [0.5, 0.6) is 0 Å². The van der Waals surface area contributed by atoms with Crippen molar-refractivity contribution >= 4 is 17.8 Å². The average molecular weight is 314 g/mol. The number of rotatable bonds is 7. The Hall–Kier alpha value is -1.59. The van der Waals surface area contributed by atoms with Crippen molar-refractivity contribution in [3.8, 4) is 0 Å². The van der Waals surface area contributed by atoms with Crippen molar-refractivity contribution in [3.05, 3.63) is 0 Å². The first-order valence-electron chi connectivity index (χ1n) is 7.63. The van der Waals surface area contributed by atoms with Crippen LogP contribution in [0.4, 0.5) is 0 Å². The highest BCUT2D eigenvalue weighted by Crippen LogP contribution is 2.21. The van der Waals surface area contributed by atoms with Gasteiger partial charge in [0.05, 0.1) is 0 Å². The van der Waals surface area contributed by atoms with E-state index in [0.717, 1.165) is 0 Å². The second kappa shape index (κ2) is 8.15. The molecule has 0 fully saturated rings. The molecule has 0 aliphatic carbocycles. The van der Waals surface area contributed by atoms with Crippen LogP contribution in [-0.4, -0.2) is 35.5 Å². The zero-order chi connectivity index (χ0) is 17.6. The molecule has 0 radical (unpaired) electrons. The summed E-state index contributed by atoms with van der Waals surface area (Å²) in [6, 6.07) is -0.884. The number of carboxylic acids is 1. The molecule has 128 valence electrons. The van der Waals surface area contributed by atoms with Gasteiger partial charge in [-0.25, -0.2) is 4.79 Å². The Morgan fingerprint density at radius 1 is 1.05 bits per heavy atom. The quantitative estimate of drug-likeness (QED) is 0.669. The highest BCUT2D eigenvalue weighted by molar-refractivity contribution is 5.85. The first-order chi connectivity index (χ1) is 9.83. The summed E-state index contributed by atoms with van der Waals surface area (Å²) in [5, 5.41) is 14.3. The summed E-state index contributed by atoms with van der Waals surface area (Å²) in [7, 11) is 0. The second-order valence-corrected chi connectivity index (χ2v) is 7.81. The number of aliphatic carboxylic acids is 1. The van der Waals surface area contributed by atoms with Gasteiger partial charge in [-0.2, -0.15) is 0 Å². The first kappa shape index (κ1) is 20.4. The van der Waals surface area contributed by atoms with Gasteiger partial charge in [0.1, 0.15) is 6.04 Å². The van der Waals surface area contributed by atoms with Gasteiger partial charge in [-0.05, 0) is 18.3 Å². The Morgan fingerprint density at radius 3 is 2.00 bits per heavy atom. The maximum Gasteiger partial charge on any atom is 0.326 e. The van der Waals surface area contributed by atoms with E-state index in [4.69, 9.17) is 5.11 Å². The lowest BCUT2D eigenvalue weighted by atomic mass is 9.88. The molecule has 0 saturated heterocycles. The third-order valence-corrected chi connectivity index (χ3v) is 3.14. The summed E-state index contributed by atoms with van der Waals surface area (Å²) in [5.41, 5.74) is -0.494. The summed E-state index contributed by atoms with van der Waals surface area (Å²) in [4.78, 5) is 34.6. The number of amides is 2. The van der Waals surface area contributed by atoms with E-state index < -0.39 is 17.4 Å². The summed E-state index contributed by atoms with van der Waals surface area (Å²) < 4.78 is 0. The van der Waals surface area contributed by atoms with Crippen molar-refractivity contribution < 1.29 is 19.5 Å². The van der Waals surface area contributed by atoms with E-state index >= 15 is 0 Å². The predicted molar refractivity (Wildman–Crippen MR) is 85.3 cm³/mol. The molecule has 3 N–H and O–H groups in total. The van der Waals surface area contributed by atoms with Gasteiger partial charge >= 0.3 is 5.97 Å². The Kier molecular flexibility index (Phi) is 7.56. The van der Waals surface area contributed by atoms with Crippen LogP contribution >= 0.6 is 0 Å². The van der Waals surface area contributed by atoms with Crippen LogP contribution in [0.2, 0.25) is 0 Å². The largest absolute Gasteiger partial charge is 0.480 e. The van der Waals surface area contributed by atoms with Crippen LogP contribution in [-0.2, 0) is 14.4 Å². The van der Waals surface area contributed by atoms with Crippen molar-refractivity contribution in [3.63, 3.8) is 0 Å². The lowest BCUT2D eigenvalue weighted by Crippen LogP contribution is -2.43. The van der Waals surface area contributed by atoms with Gasteiger partial charge in [0.25, 0.3) is 0 Å². The molecular weight excluding hydrogens is 284 g/mol. The minimum Gasteiger partial charge on any atom is -0.480 e. The monoisotopic (exact) mass is 314 g/mol. The highest BCUT2D eigenvalue weighted by atomic mass is 16.4. The number of carboxylic acid groups (broad SMARTS) is 1. The Balaban J connectivity index is 4.25. The van der Waals surface area contributed by atoms with Gasteiger partial charge in [0.2, 0.25) is 11.8 Å². The molecule has 2 amide bonds. The van der Waals surface area contributed by atoms with Gasteiger partial charge < -0.3 is 15.7 Å². The fraction of sp³-hybridized carbons (Fsp3) is 0.812. The predicted octanol–water partition coefficient (Wildman–Crippen LogP) is 1.93. The minimum atomic E-state index is -1.03. The normalized spacial score (nSPS) is 13.4. The van der Waals surface area contributed by atoms with Crippen molar-refractivity contribution in [2.45, 2.75) is 66.8 Å². The minimum absolute atomic E-state index is 0.0130. The van der Waals surface area contributed by atoms with E-state index in [0.29, 0.717) is 12.8 Å². The van der Waals surface area contributed by atoms with Gasteiger partial charge in [-0.15, -0.1) is 0 Å². The van der Waals surface area contributed by atoms with Gasteiger partial charge in [0.15, 0.2) is 0 Å². The summed E-state index contributed by atoms with van der Waals surface area (Å²) in [6.07, 6.45) is 1.16. The Labute approximate surface area is 133 Å². The molecule has 0 aliphatic rings. The summed E-state index contributed by atoms with van der Waals surface area (Å²) >= 11 is 0. The summed E-state index contributed by atoms with van der Waals surface area (Å²) in [6.45, 7) is 11.6. The zero-order valence-electron chi connectivity index (χ0n) is 14.6. The molecule has 0 aromatic heterocycles. The van der Waals surface area contributed by atoms with Crippen molar-refractivity contribution in [2.24, 2.45) is 10.8 Å². The first-order valence-corrected chi connectivity index (χ1v) is 7.63. The summed E-state index contributed by atoms with van der Waals surface area (Å²) in [5.74, 6) is -1.53. The number of carbonyl (C=O) groups excluding carboxylic acids is 2. The number of carbonyl (C=O) groups is 3. The topological polar surface area (TPSA) is 95.5 Å². The van der Waals surface area contributed by atoms with E-state index in [2.05, 4.69) is 10.6 Å². The Bertz CT molecular complexity index is 405. The van der Waals surface area contributed by atoms with Crippen molar-refractivity contribution in [2.75, 3.05) is 6.54 Å². The molecule has 0 aliphatic heterocycles. The molecule has 6 nitrogen and oxygen atoms in total. The molecule has 1 unspecified atom stereocenters. The maximum atomic E-state index is 11.8. The van der Waals surface area contributed by atoms with E-state index in [-0.39, 0.29) is 30.2 Å². The van der Waals surface area contributed by atoms with Crippen molar-refractivity contribution in [1.29, 1.82) is 0 Å². The molecule has 0 heterocycles. The molecule has 0 bridgehead atoms. The second-order valence-electron chi connectivity index (χ2n) is 7.81. The SMILES string of the molecule is CC(C)(C)CCC(NC(=O)CCNC(=O)C(C)(C)C)C(=O)O. The number of hydrogen-bond donors (Lipinski definition) is 3. The average Bonchev–Trinajstić information content (AvgIpc) is 2.31. The van der Waals surface area contributed by atoms with Crippen LogP contribution in [0.1, 0.15) is 60.8 Å². The van der Waals surface area contributed by atoms with Crippen molar-refractivity contribution in [1.82, 2.24) is 10.6 Å². The van der Waals surface area contributed by atoms with Crippen LogP contribution in [0.15, 0.2) is 0 Å². The number of nitrogens with one attached hydrogen (secondary N) is 2. The smallest absolute Gasteiger partial charge is 0.326 e. The van der Waals surface area contributed by atoms with E-state index in [1.807, 2.05) is 20.8 Å². The van der Waals surface area contributed by atoms with Crippen LogP contribution in [0.25, 0.3) is 0 Å². The molecule has 0 saturated carbocycles. The van der Waals surface area contributed by atoms with Gasteiger partial charge in [0, 0.05) is 18.4 Å².